The van der Waals surface area contributed by atoms with E-state index in [-0.39, 0.29) is 27.8 Å². The second kappa shape index (κ2) is 12.6. The van der Waals surface area contributed by atoms with Gasteiger partial charge < -0.3 is 5.32 Å². The zero-order chi connectivity index (χ0) is 26.1. The first-order valence-corrected chi connectivity index (χ1v) is 13.6. The smallest absolute Gasteiger partial charge is 0.273 e. The molecule has 12 heteroatoms. The Morgan fingerprint density at radius 1 is 1.06 bits per heavy atom. The molecule has 2 amide bonds. The molecular weight excluding hydrogens is 529 g/mol. The minimum absolute atomic E-state index is 0.0871. The molecule has 0 fully saturated rings. The molecule has 0 radical (unpaired) electrons. The van der Waals surface area contributed by atoms with Crippen molar-refractivity contribution in [2.45, 2.75) is 5.75 Å². The summed E-state index contributed by atoms with van der Waals surface area (Å²) in [5.41, 5.74) is 4.35. The third kappa shape index (κ3) is 8.76. The highest BCUT2D eigenvalue weighted by Gasteiger charge is 2.15. The van der Waals surface area contributed by atoms with Crippen LogP contribution < -0.4 is 10.7 Å². The number of thioether (sulfide) groups is 1. The maximum atomic E-state index is 13.0. The SMILES string of the molecule is O=C(Nc1ccc(Cl)cc1C(=O)NN=Cc1ccc(F)cc1)c1cccc(CSCCS(=O)(=O)O)c1. The van der Waals surface area contributed by atoms with E-state index in [1.54, 1.807) is 24.3 Å². The third-order valence-electron chi connectivity index (χ3n) is 4.67. The van der Waals surface area contributed by atoms with Crippen molar-refractivity contribution in [2.75, 3.05) is 16.8 Å². The molecule has 3 aromatic rings. The molecule has 36 heavy (non-hydrogen) atoms. The van der Waals surface area contributed by atoms with Gasteiger partial charge in [0.25, 0.3) is 21.9 Å². The monoisotopic (exact) mass is 549 g/mol. The lowest BCUT2D eigenvalue weighted by Gasteiger charge is -2.11. The van der Waals surface area contributed by atoms with Crippen molar-refractivity contribution < 1.29 is 27.0 Å². The Hall–Kier alpha value is -3.25. The minimum atomic E-state index is -4.02. The van der Waals surface area contributed by atoms with Crippen LogP contribution in [0.4, 0.5) is 10.1 Å². The van der Waals surface area contributed by atoms with Gasteiger partial charge in [0.2, 0.25) is 0 Å². The van der Waals surface area contributed by atoms with Gasteiger partial charge in [-0.15, -0.1) is 0 Å². The summed E-state index contributed by atoms with van der Waals surface area (Å²) in [5.74, 6) is -1.18. The highest BCUT2D eigenvalue weighted by Crippen LogP contribution is 2.22. The summed E-state index contributed by atoms with van der Waals surface area (Å²) in [5, 5.41) is 6.83. The van der Waals surface area contributed by atoms with Gasteiger partial charge in [0.15, 0.2) is 0 Å². The molecule has 0 spiro atoms. The highest BCUT2D eigenvalue weighted by atomic mass is 35.5. The molecule has 0 aliphatic heterocycles. The molecule has 0 aromatic heterocycles. The number of anilines is 1. The van der Waals surface area contributed by atoms with Crippen LogP contribution in [-0.4, -0.2) is 42.5 Å². The van der Waals surface area contributed by atoms with Gasteiger partial charge in [0, 0.05) is 22.1 Å². The van der Waals surface area contributed by atoms with Crippen LogP contribution in [0.15, 0.2) is 71.8 Å². The first-order valence-electron chi connectivity index (χ1n) is 10.4. The molecule has 3 N–H and O–H groups in total. The lowest BCUT2D eigenvalue weighted by atomic mass is 10.1. The maximum Gasteiger partial charge on any atom is 0.273 e. The average Bonchev–Trinajstić information content (AvgIpc) is 2.83. The second-order valence-corrected chi connectivity index (χ2v) is 10.5. The number of carbonyl (C=O) groups excluding carboxylic acids is 2. The molecule has 3 rings (SSSR count). The van der Waals surface area contributed by atoms with E-state index in [9.17, 15) is 22.4 Å². The number of amides is 2. The van der Waals surface area contributed by atoms with Crippen LogP contribution in [0, 0.1) is 5.82 Å². The summed E-state index contributed by atoms with van der Waals surface area (Å²) in [6.45, 7) is 0. The van der Waals surface area contributed by atoms with E-state index in [0.717, 1.165) is 5.56 Å². The summed E-state index contributed by atoms with van der Waals surface area (Å²) in [6, 6.07) is 16.7. The van der Waals surface area contributed by atoms with E-state index >= 15 is 0 Å². The second-order valence-electron chi connectivity index (χ2n) is 7.43. The average molecular weight is 550 g/mol. The summed E-state index contributed by atoms with van der Waals surface area (Å²) < 4.78 is 43.5. The summed E-state index contributed by atoms with van der Waals surface area (Å²) in [7, 11) is -4.02. The lowest BCUT2D eigenvalue weighted by Crippen LogP contribution is -2.21. The Morgan fingerprint density at radius 3 is 2.53 bits per heavy atom. The van der Waals surface area contributed by atoms with Crippen LogP contribution in [-0.2, 0) is 15.9 Å². The number of nitrogens with zero attached hydrogens (tertiary/aromatic N) is 1. The molecule has 0 heterocycles. The van der Waals surface area contributed by atoms with Crippen LogP contribution >= 0.6 is 23.4 Å². The highest BCUT2D eigenvalue weighted by molar-refractivity contribution is 7.99. The zero-order valence-corrected chi connectivity index (χ0v) is 21.0. The summed E-state index contributed by atoms with van der Waals surface area (Å²) in [6.07, 6.45) is 1.35. The molecular formula is C24H21ClFN3O5S2. The number of hydrogen-bond acceptors (Lipinski definition) is 6. The number of hydrogen-bond donors (Lipinski definition) is 3. The molecule has 0 unspecified atom stereocenters. The third-order valence-corrected chi connectivity index (χ3v) is 6.91. The first kappa shape index (κ1) is 27.3. The minimum Gasteiger partial charge on any atom is -0.321 e. The van der Waals surface area contributed by atoms with Crippen LogP contribution in [0.25, 0.3) is 0 Å². The standard InChI is InChI=1S/C24H21ClFN3O5S2/c25-19-6-9-22(21(13-19)24(31)29-27-14-16-4-7-20(26)8-5-16)28-23(30)18-3-1-2-17(12-18)15-35-10-11-36(32,33)34/h1-9,12-14H,10-11,15H2,(H,28,30)(H,29,31)(H,32,33,34). The molecule has 8 nitrogen and oxygen atoms in total. The van der Waals surface area contributed by atoms with E-state index in [1.165, 1.54) is 60.4 Å². The number of carbonyl (C=O) groups is 2. The van der Waals surface area contributed by atoms with Crippen molar-refractivity contribution in [3.05, 3.63) is 99.8 Å². The van der Waals surface area contributed by atoms with Crippen molar-refractivity contribution in [1.29, 1.82) is 0 Å². The number of nitrogens with one attached hydrogen (secondary N) is 2. The van der Waals surface area contributed by atoms with Crippen LogP contribution in [0.5, 0.6) is 0 Å². The Balaban J connectivity index is 1.67. The largest absolute Gasteiger partial charge is 0.321 e. The summed E-state index contributed by atoms with van der Waals surface area (Å²) in [4.78, 5) is 25.6. The quantitative estimate of drug-likeness (QED) is 0.147. The van der Waals surface area contributed by atoms with E-state index < -0.39 is 27.7 Å². The lowest BCUT2D eigenvalue weighted by molar-refractivity contribution is 0.0956. The van der Waals surface area contributed by atoms with Gasteiger partial charge in [0.05, 0.1) is 23.2 Å². The number of rotatable bonds is 10. The molecule has 0 bridgehead atoms. The van der Waals surface area contributed by atoms with E-state index in [0.29, 0.717) is 16.9 Å². The Labute approximate surface area is 216 Å². The fraction of sp³-hybridized carbons (Fsp3) is 0.125. The van der Waals surface area contributed by atoms with E-state index in [1.807, 2.05) is 0 Å². The summed E-state index contributed by atoms with van der Waals surface area (Å²) >= 11 is 7.35. The van der Waals surface area contributed by atoms with Gasteiger partial charge in [-0.25, -0.2) is 9.82 Å². The van der Waals surface area contributed by atoms with E-state index in [4.69, 9.17) is 16.2 Å². The molecule has 3 aromatic carbocycles. The Morgan fingerprint density at radius 2 is 1.81 bits per heavy atom. The molecule has 0 atom stereocenters. The van der Waals surface area contributed by atoms with Crippen LogP contribution in [0.2, 0.25) is 5.02 Å². The van der Waals surface area contributed by atoms with Gasteiger partial charge in [-0.1, -0.05) is 35.9 Å². The normalized spacial score (nSPS) is 11.4. The molecule has 188 valence electrons. The van der Waals surface area contributed by atoms with Gasteiger partial charge in [0.1, 0.15) is 5.82 Å². The topological polar surface area (TPSA) is 125 Å². The van der Waals surface area contributed by atoms with Crippen molar-refractivity contribution in [3.8, 4) is 0 Å². The predicted octanol–water partition coefficient (Wildman–Crippen LogP) is 4.62. The predicted molar refractivity (Wildman–Crippen MR) is 140 cm³/mol. The fourth-order valence-corrected chi connectivity index (χ4v) is 4.98. The van der Waals surface area contributed by atoms with Gasteiger partial charge in [-0.2, -0.15) is 25.3 Å². The number of hydrazone groups is 1. The van der Waals surface area contributed by atoms with Crippen LogP contribution in [0.1, 0.15) is 31.8 Å². The van der Waals surface area contributed by atoms with E-state index in [2.05, 4.69) is 15.8 Å². The van der Waals surface area contributed by atoms with Crippen LogP contribution in [0.3, 0.4) is 0 Å². The Kier molecular flexibility index (Phi) is 9.59. The number of halogens is 2. The molecule has 0 saturated carbocycles. The van der Waals surface area contributed by atoms with Crippen molar-refractivity contribution in [2.24, 2.45) is 5.10 Å². The fourth-order valence-electron chi connectivity index (χ4n) is 2.94. The maximum absolute atomic E-state index is 13.0. The van der Waals surface area contributed by atoms with Crippen molar-refractivity contribution in [1.82, 2.24) is 5.43 Å². The van der Waals surface area contributed by atoms with Gasteiger partial charge in [-0.05, 0) is 53.6 Å². The molecule has 0 aliphatic carbocycles. The zero-order valence-electron chi connectivity index (χ0n) is 18.6. The van der Waals surface area contributed by atoms with Gasteiger partial charge >= 0.3 is 0 Å². The van der Waals surface area contributed by atoms with Crippen molar-refractivity contribution >= 4 is 57.2 Å². The molecule has 0 aliphatic rings. The molecule has 0 saturated heterocycles. The van der Waals surface area contributed by atoms with Crippen molar-refractivity contribution in [3.63, 3.8) is 0 Å². The first-order chi connectivity index (χ1) is 17.1. The Bertz CT molecular complexity index is 1380. The van der Waals surface area contributed by atoms with Gasteiger partial charge in [-0.3, -0.25) is 14.1 Å². The number of benzene rings is 3.